The number of thiocarbonyl (C=S) groups is 1. The number of sulfonamides is 1. The zero-order valence-electron chi connectivity index (χ0n) is 18.6. The van der Waals surface area contributed by atoms with Crippen molar-refractivity contribution < 1.29 is 26.7 Å². The zero-order valence-corrected chi connectivity index (χ0v) is 22.7. The molecule has 0 aliphatic carbocycles. The topological polar surface area (TPSA) is 64.6 Å². The minimum absolute atomic E-state index is 0.0840. The van der Waals surface area contributed by atoms with Crippen molar-refractivity contribution in [1.82, 2.24) is 4.72 Å². The highest BCUT2D eigenvalue weighted by molar-refractivity contribution is 8.23. The molecule has 12 heteroatoms. The quantitative estimate of drug-likeness (QED) is 0.292. The molecule has 1 atom stereocenters. The third kappa shape index (κ3) is 11.1. The summed E-state index contributed by atoms with van der Waals surface area (Å²) in [6.45, 7) is 1.81. The van der Waals surface area contributed by atoms with Gasteiger partial charge in [0.15, 0.2) is 0 Å². The van der Waals surface area contributed by atoms with Crippen LogP contribution in [0.3, 0.4) is 0 Å². The first-order chi connectivity index (χ1) is 16.0. The highest BCUT2D eigenvalue weighted by Gasteiger charge is 2.35. The predicted octanol–water partition coefficient (Wildman–Crippen LogP) is 6.11. The van der Waals surface area contributed by atoms with Crippen LogP contribution in [0.15, 0.2) is 48.5 Å². The Morgan fingerprint density at radius 2 is 1.76 bits per heavy atom. The third-order valence-electron chi connectivity index (χ3n) is 4.40. The molecule has 0 spiro atoms. The number of hydrogen-bond donors (Lipinski definition) is 1. The second kappa shape index (κ2) is 13.8. The van der Waals surface area contributed by atoms with Gasteiger partial charge in [0.25, 0.3) is 5.25 Å². The molecule has 2 rings (SSSR count). The molecule has 0 aliphatic heterocycles. The van der Waals surface area contributed by atoms with Gasteiger partial charge in [-0.3, -0.25) is 0 Å². The Labute approximate surface area is 218 Å². The number of benzene rings is 2. The van der Waals surface area contributed by atoms with Gasteiger partial charge in [0.2, 0.25) is 14.4 Å². The number of hydrogen-bond acceptors (Lipinski definition) is 7. The molecule has 0 aliphatic rings. The van der Waals surface area contributed by atoms with Crippen molar-refractivity contribution in [3.8, 4) is 5.75 Å². The summed E-state index contributed by atoms with van der Waals surface area (Å²) in [5.41, 5.74) is 1.26. The fourth-order valence-corrected chi connectivity index (χ4v) is 6.61. The Kier molecular flexibility index (Phi) is 11.9. The summed E-state index contributed by atoms with van der Waals surface area (Å²) >= 11 is 12.3. The van der Waals surface area contributed by atoms with E-state index in [0.29, 0.717) is 40.3 Å². The largest absolute Gasteiger partial charge is 0.497 e. The molecule has 2 aromatic carbocycles. The summed E-state index contributed by atoms with van der Waals surface area (Å²) < 4.78 is 67.5. The fourth-order valence-electron chi connectivity index (χ4n) is 2.75. The van der Waals surface area contributed by atoms with Gasteiger partial charge >= 0.3 is 0 Å². The van der Waals surface area contributed by atoms with E-state index in [4.69, 9.17) is 33.3 Å². The number of thioether (sulfide) groups is 2. The maximum atomic E-state index is 14.8. The summed E-state index contributed by atoms with van der Waals surface area (Å²) in [5, 5.41) is -3.40. The van der Waals surface area contributed by atoms with E-state index in [9.17, 15) is 17.2 Å². The van der Waals surface area contributed by atoms with E-state index < -0.39 is 26.9 Å². The Balaban J connectivity index is 2.00. The molecule has 2 aromatic rings. The van der Waals surface area contributed by atoms with Crippen LogP contribution in [-0.2, 0) is 26.3 Å². The number of nitrogens with one attached hydrogen (secondary N) is 1. The van der Waals surface area contributed by atoms with Crippen LogP contribution in [0.1, 0.15) is 24.5 Å². The van der Waals surface area contributed by atoms with Crippen LogP contribution in [0.2, 0.25) is 5.02 Å². The van der Waals surface area contributed by atoms with E-state index in [2.05, 4.69) is 4.72 Å². The fraction of sp³-hybridized carbons (Fsp3) is 0.409. The molecule has 5 nitrogen and oxygen atoms in total. The van der Waals surface area contributed by atoms with Gasteiger partial charge in [-0.15, -0.1) is 0 Å². The number of methoxy groups -OCH3 is 1. The molecular weight excluding hydrogens is 544 g/mol. The second-order valence-electron chi connectivity index (χ2n) is 7.14. The molecule has 0 amide bonds. The van der Waals surface area contributed by atoms with Crippen LogP contribution in [0.5, 0.6) is 5.75 Å². The molecule has 0 aromatic heterocycles. The summed E-state index contributed by atoms with van der Waals surface area (Å²) in [7, 11) is -2.25. The van der Waals surface area contributed by atoms with Crippen LogP contribution in [0.25, 0.3) is 0 Å². The van der Waals surface area contributed by atoms with Crippen LogP contribution in [0.4, 0.5) is 8.78 Å². The van der Waals surface area contributed by atoms with E-state index in [-0.39, 0.29) is 22.4 Å². The highest BCUT2D eigenvalue weighted by Crippen LogP contribution is 2.39. The van der Waals surface area contributed by atoms with Crippen LogP contribution in [-0.4, -0.2) is 43.6 Å². The summed E-state index contributed by atoms with van der Waals surface area (Å²) in [4.78, 5) is 0. The lowest BCUT2D eigenvalue weighted by atomic mass is 10.2. The van der Waals surface area contributed by atoms with Gasteiger partial charge in [-0.2, -0.15) is 8.78 Å². The standard InChI is InChI=1S/C22H26ClF2NO4S4/c1-3-30-21(31)33-20(12-22(24,25)32-14-16-4-8-18(23)9-5-16)13-26-34(27,28)15-17-6-10-19(29-2)11-7-17/h4-11,20,26H,3,12-15H2,1-2H3. The van der Waals surface area contributed by atoms with Crippen LogP contribution in [0, 0.1) is 0 Å². The van der Waals surface area contributed by atoms with Gasteiger partial charge in [-0.1, -0.05) is 59.4 Å². The van der Waals surface area contributed by atoms with E-state index >= 15 is 0 Å². The average Bonchev–Trinajstić information content (AvgIpc) is 2.77. The normalized spacial score (nSPS) is 12.9. The molecular formula is C22H26ClF2NO4S4. The number of alkyl halides is 2. The lowest BCUT2D eigenvalue weighted by Gasteiger charge is -2.23. The third-order valence-corrected chi connectivity index (χ3v) is 8.42. The van der Waals surface area contributed by atoms with Gasteiger partial charge in [-0.25, -0.2) is 13.1 Å². The van der Waals surface area contributed by atoms with Crippen LogP contribution < -0.4 is 9.46 Å². The smallest absolute Gasteiger partial charge is 0.295 e. The molecule has 0 saturated carbocycles. The lowest BCUT2D eigenvalue weighted by Crippen LogP contribution is -2.35. The van der Waals surface area contributed by atoms with Crippen molar-refractivity contribution >= 4 is 61.7 Å². The molecule has 0 fully saturated rings. The number of ether oxygens (including phenoxy) is 2. The van der Waals surface area contributed by atoms with Gasteiger partial charge < -0.3 is 9.47 Å². The maximum absolute atomic E-state index is 14.8. The molecule has 34 heavy (non-hydrogen) atoms. The highest BCUT2D eigenvalue weighted by atomic mass is 35.5. The molecule has 0 heterocycles. The first-order valence-corrected chi connectivity index (χ1v) is 14.5. The van der Waals surface area contributed by atoms with Crippen molar-refractivity contribution in [3.05, 3.63) is 64.7 Å². The maximum Gasteiger partial charge on any atom is 0.295 e. The molecule has 1 N–H and O–H groups in total. The minimum atomic E-state index is -3.76. The Morgan fingerprint density at radius 1 is 1.15 bits per heavy atom. The minimum Gasteiger partial charge on any atom is -0.497 e. The van der Waals surface area contributed by atoms with E-state index in [1.54, 1.807) is 55.5 Å². The first-order valence-electron chi connectivity index (χ1n) is 10.2. The van der Waals surface area contributed by atoms with E-state index in [1.807, 2.05) is 0 Å². The number of rotatable bonds is 13. The molecule has 1 unspecified atom stereocenters. The molecule has 188 valence electrons. The SMILES string of the molecule is CCOC(=S)SC(CNS(=O)(=O)Cc1ccc(OC)cc1)CC(F)(F)SCc1ccc(Cl)cc1. The molecule has 0 bridgehead atoms. The predicted molar refractivity (Wildman–Crippen MR) is 142 cm³/mol. The molecule has 0 saturated heterocycles. The monoisotopic (exact) mass is 569 g/mol. The van der Waals surface area contributed by atoms with E-state index in [0.717, 1.165) is 11.8 Å². The Bertz CT molecular complexity index is 1020. The van der Waals surface area contributed by atoms with Crippen molar-refractivity contribution in [2.24, 2.45) is 0 Å². The zero-order chi connectivity index (χ0) is 25.2. The van der Waals surface area contributed by atoms with Crippen molar-refractivity contribution in [1.29, 1.82) is 0 Å². The van der Waals surface area contributed by atoms with Crippen molar-refractivity contribution in [2.45, 2.75) is 35.4 Å². The van der Waals surface area contributed by atoms with E-state index in [1.165, 1.54) is 7.11 Å². The Morgan fingerprint density at radius 3 is 2.35 bits per heavy atom. The first kappa shape index (κ1) is 29.1. The summed E-state index contributed by atoms with van der Waals surface area (Å²) in [5.74, 6) is 0.403. The van der Waals surface area contributed by atoms with Crippen LogP contribution >= 0.6 is 47.3 Å². The second-order valence-corrected chi connectivity index (χ2v) is 12.5. The molecule has 0 radical (unpaired) electrons. The average molecular weight is 570 g/mol. The van der Waals surface area contributed by atoms with Gasteiger partial charge in [-0.05, 0) is 54.5 Å². The summed E-state index contributed by atoms with van der Waals surface area (Å²) in [6, 6.07) is 13.3. The lowest BCUT2D eigenvalue weighted by molar-refractivity contribution is 0.0953. The van der Waals surface area contributed by atoms with Gasteiger partial charge in [0, 0.05) is 29.0 Å². The Hall–Kier alpha value is -1.11. The van der Waals surface area contributed by atoms with Crippen molar-refractivity contribution in [2.75, 3.05) is 20.3 Å². The van der Waals surface area contributed by atoms with Gasteiger partial charge in [0.05, 0.1) is 19.5 Å². The summed E-state index contributed by atoms with van der Waals surface area (Å²) in [6.07, 6.45) is -0.589. The van der Waals surface area contributed by atoms with Crippen molar-refractivity contribution in [3.63, 3.8) is 0 Å². The number of halogens is 3. The van der Waals surface area contributed by atoms with Gasteiger partial charge in [0.1, 0.15) is 5.75 Å².